The van der Waals surface area contributed by atoms with Crippen LogP contribution in [-0.4, -0.2) is 29.4 Å². The summed E-state index contributed by atoms with van der Waals surface area (Å²) >= 11 is 11.8. The highest BCUT2D eigenvalue weighted by Crippen LogP contribution is 2.31. The van der Waals surface area contributed by atoms with E-state index >= 15 is 0 Å². The summed E-state index contributed by atoms with van der Waals surface area (Å²) in [5.41, 5.74) is 0.317. The van der Waals surface area contributed by atoms with Crippen molar-refractivity contribution in [3.63, 3.8) is 0 Å². The minimum Gasteiger partial charge on any atom is -0.338 e. The van der Waals surface area contributed by atoms with Crippen LogP contribution in [0.15, 0.2) is 29.2 Å². The van der Waals surface area contributed by atoms with Gasteiger partial charge in [0, 0.05) is 0 Å². The van der Waals surface area contributed by atoms with Gasteiger partial charge in [-0.05, 0) is 44.5 Å². The van der Waals surface area contributed by atoms with Crippen LogP contribution in [0.1, 0.15) is 31.1 Å². The molecule has 1 aromatic carbocycles. The molecular weight excluding hydrogens is 373 g/mol. The number of benzene rings is 1. The lowest BCUT2D eigenvalue weighted by Crippen LogP contribution is -2.16. The van der Waals surface area contributed by atoms with Crippen molar-refractivity contribution < 1.29 is 13.2 Å². The number of carbonyl (C=O) groups is 1. The molecule has 2 aromatic rings. The summed E-state index contributed by atoms with van der Waals surface area (Å²) in [5, 5.41) is 1.98. The summed E-state index contributed by atoms with van der Waals surface area (Å²) < 4.78 is 25.0. The number of aromatic nitrogens is 2. The second kappa shape index (κ2) is 7.04. The second-order valence-corrected chi connectivity index (χ2v) is 8.45. The molecule has 0 saturated heterocycles. The Hall–Kier alpha value is -1.70. The van der Waals surface area contributed by atoms with Gasteiger partial charge in [-0.2, -0.15) is 4.98 Å². The first-order valence-electron chi connectivity index (χ1n) is 6.98. The third-order valence-electron chi connectivity index (χ3n) is 3.26. The Morgan fingerprint density at radius 1 is 1.17 bits per heavy atom. The van der Waals surface area contributed by atoms with Crippen LogP contribution in [0, 0.1) is 0 Å². The Labute approximate surface area is 150 Å². The van der Waals surface area contributed by atoms with E-state index in [0.29, 0.717) is 0 Å². The van der Waals surface area contributed by atoms with Crippen LogP contribution in [-0.2, 0) is 9.84 Å². The van der Waals surface area contributed by atoms with E-state index in [0.717, 1.165) is 0 Å². The molecule has 0 fully saturated rings. The highest BCUT2D eigenvalue weighted by Gasteiger charge is 2.24. The number of para-hydroxylation sites is 1. The number of sulfone groups is 1. The zero-order valence-corrected chi connectivity index (χ0v) is 15.5. The maximum Gasteiger partial charge on any atom is 0.225 e. The molecule has 1 N–H and O–H groups in total. The van der Waals surface area contributed by atoms with E-state index in [9.17, 15) is 13.2 Å². The molecule has 1 aromatic heterocycles. The number of nitrogens with zero attached hydrogens (tertiary/aromatic N) is 2. The normalized spacial score (nSPS) is 11.6. The first kappa shape index (κ1) is 18.6. The van der Waals surface area contributed by atoms with Crippen LogP contribution in [0.3, 0.4) is 0 Å². The number of carbonyl (C=O) groups excluding carboxylic acids is 1. The Morgan fingerprint density at radius 3 is 2.38 bits per heavy atom. The van der Waals surface area contributed by atoms with E-state index in [1.807, 2.05) is 0 Å². The second-order valence-electron chi connectivity index (χ2n) is 5.28. The average molecular weight is 388 g/mol. The summed E-state index contributed by atoms with van der Waals surface area (Å²) in [6.45, 7) is 4.48. The van der Waals surface area contributed by atoms with Crippen molar-refractivity contribution in [3.8, 4) is 0 Å². The molecule has 0 atom stereocenters. The SMILES string of the molecule is CC(=O)c1c(Cl)nc(Cl)nc1Nc1ccccc1S(=O)(=O)C(C)C. The molecule has 0 unspecified atom stereocenters. The summed E-state index contributed by atoms with van der Waals surface area (Å²) in [6, 6.07) is 6.34. The van der Waals surface area contributed by atoms with Crippen LogP contribution in [0.4, 0.5) is 11.5 Å². The molecule has 0 bridgehead atoms. The summed E-state index contributed by atoms with van der Waals surface area (Å²) in [7, 11) is -3.54. The van der Waals surface area contributed by atoms with Crippen molar-refractivity contribution in [3.05, 3.63) is 40.3 Å². The molecule has 128 valence electrons. The standard InChI is InChI=1S/C15H15Cl2N3O3S/c1-8(2)24(22,23)11-7-5-4-6-10(11)18-14-12(9(3)21)13(16)19-15(17)20-14/h4-8H,1-3H3,(H,18,19,20). The third-order valence-corrected chi connectivity index (χ3v) is 5.91. The van der Waals surface area contributed by atoms with Gasteiger partial charge in [-0.15, -0.1) is 0 Å². The van der Waals surface area contributed by atoms with Gasteiger partial charge in [0.25, 0.3) is 0 Å². The summed E-state index contributed by atoms with van der Waals surface area (Å²) in [5.74, 6) is -0.317. The van der Waals surface area contributed by atoms with E-state index < -0.39 is 15.1 Å². The fraction of sp³-hybridized carbons (Fsp3) is 0.267. The molecule has 0 aliphatic heterocycles. The summed E-state index contributed by atoms with van der Waals surface area (Å²) in [4.78, 5) is 19.6. The molecular formula is C15H15Cl2N3O3S. The van der Waals surface area contributed by atoms with Gasteiger partial charge in [-0.1, -0.05) is 23.7 Å². The number of ketones is 1. The average Bonchev–Trinajstić information content (AvgIpc) is 2.46. The molecule has 6 nitrogen and oxygen atoms in total. The van der Waals surface area contributed by atoms with Crippen molar-refractivity contribution in [1.29, 1.82) is 0 Å². The van der Waals surface area contributed by atoms with Gasteiger partial charge >= 0.3 is 0 Å². The monoisotopic (exact) mass is 387 g/mol. The number of Topliss-reactive ketones (excluding diaryl/α,β-unsaturated/α-hetero) is 1. The maximum atomic E-state index is 12.5. The number of hydrogen-bond donors (Lipinski definition) is 1. The fourth-order valence-electron chi connectivity index (χ4n) is 2.01. The molecule has 0 amide bonds. The Balaban J connectivity index is 2.61. The van der Waals surface area contributed by atoms with Crippen molar-refractivity contribution in [2.45, 2.75) is 30.9 Å². The molecule has 2 rings (SSSR count). The quantitative estimate of drug-likeness (QED) is 0.475. The van der Waals surface area contributed by atoms with Gasteiger partial charge in [0.1, 0.15) is 11.0 Å². The van der Waals surface area contributed by atoms with Crippen molar-refractivity contribution in [2.75, 3.05) is 5.32 Å². The molecule has 0 saturated carbocycles. The van der Waals surface area contributed by atoms with Gasteiger partial charge in [0.2, 0.25) is 5.28 Å². The number of nitrogens with one attached hydrogen (secondary N) is 1. The van der Waals surface area contributed by atoms with Crippen LogP contribution in [0.2, 0.25) is 10.4 Å². The number of halogens is 2. The first-order chi connectivity index (χ1) is 11.1. The number of anilines is 2. The lowest BCUT2D eigenvalue weighted by molar-refractivity contribution is 0.101. The Morgan fingerprint density at radius 2 is 1.79 bits per heavy atom. The molecule has 0 aliphatic carbocycles. The lowest BCUT2D eigenvalue weighted by Gasteiger charge is -2.15. The highest BCUT2D eigenvalue weighted by atomic mass is 35.5. The largest absolute Gasteiger partial charge is 0.338 e. The van der Waals surface area contributed by atoms with E-state index in [1.165, 1.54) is 13.0 Å². The maximum absolute atomic E-state index is 12.5. The third kappa shape index (κ3) is 3.68. The molecule has 0 spiro atoms. The van der Waals surface area contributed by atoms with Crippen LogP contribution >= 0.6 is 23.2 Å². The lowest BCUT2D eigenvalue weighted by atomic mass is 10.2. The van der Waals surface area contributed by atoms with Gasteiger partial charge < -0.3 is 5.32 Å². The van der Waals surface area contributed by atoms with Crippen molar-refractivity contribution in [2.24, 2.45) is 0 Å². The molecule has 0 radical (unpaired) electrons. The number of rotatable bonds is 5. The topological polar surface area (TPSA) is 89.0 Å². The van der Waals surface area contributed by atoms with Gasteiger partial charge in [0.05, 0.1) is 21.4 Å². The molecule has 0 aliphatic rings. The minimum absolute atomic E-state index is 0.0396. The predicted molar refractivity (Wildman–Crippen MR) is 94.1 cm³/mol. The van der Waals surface area contributed by atoms with Crippen LogP contribution in [0.5, 0.6) is 0 Å². The van der Waals surface area contributed by atoms with Crippen molar-refractivity contribution >= 4 is 50.3 Å². The Kier molecular flexibility index (Phi) is 5.47. The number of hydrogen-bond acceptors (Lipinski definition) is 6. The van der Waals surface area contributed by atoms with Crippen LogP contribution in [0.25, 0.3) is 0 Å². The van der Waals surface area contributed by atoms with E-state index in [1.54, 1.807) is 32.0 Å². The molecule has 24 heavy (non-hydrogen) atoms. The Bertz CT molecular complexity index is 899. The van der Waals surface area contributed by atoms with Crippen molar-refractivity contribution in [1.82, 2.24) is 9.97 Å². The zero-order valence-electron chi connectivity index (χ0n) is 13.2. The van der Waals surface area contributed by atoms with E-state index in [2.05, 4.69) is 15.3 Å². The fourth-order valence-corrected chi connectivity index (χ4v) is 3.73. The van der Waals surface area contributed by atoms with Crippen LogP contribution < -0.4 is 5.32 Å². The van der Waals surface area contributed by atoms with E-state index in [-0.39, 0.29) is 38.2 Å². The van der Waals surface area contributed by atoms with Gasteiger partial charge in [-0.25, -0.2) is 13.4 Å². The first-order valence-corrected chi connectivity index (χ1v) is 9.28. The minimum atomic E-state index is -3.54. The predicted octanol–water partition coefficient (Wildman–Crippen LogP) is 3.91. The van der Waals surface area contributed by atoms with E-state index in [4.69, 9.17) is 23.2 Å². The smallest absolute Gasteiger partial charge is 0.225 e. The molecule has 9 heteroatoms. The zero-order chi connectivity index (χ0) is 18.1. The van der Waals surface area contributed by atoms with Gasteiger partial charge in [-0.3, -0.25) is 4.79 Å². The highest BCUT2D eigenvalue weighted by molar-refractivity contribution is 7.92. The van der Waals surface area contributed by atoms with Gasteiger partial charge in [0.15, 0.2) is 15.6 Å². The summed E-state index contributed by atoms with van der Waals surface area (Å²) in [6.07, 6.45) is 0. The molecule has 1 heterocycles.